The SMILES string of the molecule is Cc1ccccc1C(=O)NC(Cc1ccccc1)C(=O)Nc1cc(F)ccc1N1CCNCC1. The van der Waals surface area contributed by atoms with Gasteiger partial charge in [-0.1, -0.05) is 48.5 Å². The number of hydrogen-bond acceptors (Lipinski definition) is 4. The molecule has 34 heavy (non-hydrogen) atoms. The van der Waals surface area contributed by atoms with Crippen molar-refractivity contribution in [1.29, 1.82) is 0 Å². The van der Waals surface area contributed by atoms with Gasteiger partial charge in [0.25, 0.3) is 5.91 Å². The van der Waals surface area contributed by atoms with Gasteiger partial charge >= 0.3 is 0 Å². The number of nitrogens with one attached hydrogen (secondary N) is 3. The predicted molar refractivity (Wildman–Crippen MR) is 133 cm³/mol. The Bertz CT molecular complexity index is 1150. The average molecular weight is 461 g/mol. The topological polar surface area (TPSA) is 73.5 Å². The minimum atomic E-state index is -0.839. The maximum Gasteiger partial charge on any atom is 0.252 e. The molecule has 0 aliphatic carbocycles. The van der Waals surface area contributed by atoms with Crippen LogP contribution in [0.25, 0.3) is 0 Å². The molecule has 1 saturated heterocycles. The standard InChI is InChI=1S/C27H29FN4O2/c1-19-7-5-6-10-22(19)26(33)31-24(17-20-8-3-2-4-9-20)27(34)30-23-18-21(28)11-12-25(23)32-15-13-29-14-16-32/h2-12,18,24,29H,13-17H2,1H3,(H,30,34)(H,31,33). The number of carbonyl (C=O) groups is 2. The van der Waals surface area contributed by atoms with Crippen LogP contribution in [0.3, 0.4) is 0 Å². The number of aryl methyl sites for hydroxylation is 1. The zero-order valence-corrected chi connectivity index (χ0v) is 19.2. The van der Waals surface area contributed by atoms with E-state index in [1.165, 1.54) is 12.1 Å². The molecule has 7 heteroatoms. The summed E-state index contributed by atoms with van der Waals surface area (Å²) in [6, 6.07) is 20.3. The van der Waals surface area contributed by atoms with Gasteiger partial charge in [0.2, 0.25) is 5.91 Å². The molecular formula is C27H29FN4O2. The first-order valence-electron chi connectivity index (χ1n) is 11.5. The second kappa shape index (κ2) is 10.9. The van der Waals surface area contributed by atoms with Crippen molar-refractivity contribution in [1.82, 2.24) is 10.6 Å². The van der Waals surface area contributed by atoms with Crippen molar-refractivity contribution >= 4 is 23.2 Å². The summed E-state index contributed by atoms with van der Waals surface area (Å²) < 4.78 is 14.1. The fourth-order valence-electron chi connectivity index (χ4n) is 4.13. The summed E-state index contributed by atoms with van der Waals surface area (Å²) in [6.45, 7) is 4.99. The van der Waals surface area contributed by atoms with Gasteiger partial charge in [0.1, 0.15) is 11.9 Å². The van der Waals surface area contributed by atoms with Crippen molar-refractivity contribution in [3.63, 3.8) is 0 Å². The highest BCUT2D eigenvalue weighted by Crippen LogP contribution is 2.27. The predicted octanol–water partition coefficient (Wildman–Crippen LogP) is 3.52. The fraction of sp³-hybridized carbons (Fsp3) is 0.259. The number of anilines is 2. The first kappa shape index (κ1) is 23.4. The molecule has 1 unspecified atom stereocenters. The van der Waals surface area contributed by atoms with Gasteiger partial charge in [-0.05, 0) is 42.3 Å². The van der Waals surface area contributed by atoms with Crippen molar-refractivity contribution in [2.24, 2.45) is 0 Å². The zero-order valence-electron chi connectivity index (χ0n) is 19.2. The lowest BCUT2D eigenvalue weighted by atomic mass is 10.0. The van der Waals surface area contributed by atoms with Crippen molar-refractivity contribution < 1.29 is 14.0 Å². The Morgan fingerprint density at radius 3 is 2.44 bits per heavy atom. The third kappa shape index (κ3) is 5.80. The maximum absolute atomic E-state index is 14.1. The lowest BCUT2D eigenvalue weighted by Crippen LogP contribution is -2.46. The van der Waals surface area contributed by atoms with Gasteiger partial charge < -0.3 is 20.9 Å². The Balaban J connectivity index is 1.59. The van der Waals surface area contributed by atoms with E-state index in [1.54, 1.807) is 18.2 Å². The maximum atomic E-state index is 14.1. The van der Waals surface area contributed by atoms with Crippen LogP contribution in [-0.4, -0.2) is 44.0 Å². The molecule has 3 aromatic carbocycles. The van der Waals surface area contributed by atoms with E-state index in [4.69, 9.17) is 0 Å². The second-order valence-electron chi connectivity index (χ2n) is 8.42. The number of amides is 2. The number of carbonyl (C=O) groups excluding carboxylic acids is 2. The minimum Gasteiger partial charge on any atom is -0.367 e. The molecule has 2 amide bonds. The van der Waals surface area contributed by atoms with E-state index in [2.05, 4.69) is 20.9 Å². The molecule has 3 N–H and O–H groups in total. The third-order valence-corrected chi connectivity index (χ3v) is 5.97. The molecule has 0 aromatic heterocycles. The largest absolute Gasteiger partial charge is 0.367 e. The van der Waals surface area contributed by atoms with Gasteiger partial charge in [-0.15, -0.1) is 0 Å². The van der Waals surface area contributed by atoms with Gasteiger partial charge in [0.05, 0.1) is 11.4 Å². The van der Waals surface area contributed by atoms with E-state index in [0.717, 1.165) is 43.0 Å². The van der Waals surface area contributed by atoms with Crippen LogP contribution in [0.1, 0.15) is 21.5 Å². The molecule has 1 fully saturated rings. The number of hydrogen-bond donors (Lipinski definition) is 3. The van der Waals surface area contributed by atoms with Crippen LogP contribution < -0.4 is 20.9 Å². The first-order chi connectivity index (χ1) is 16.5. The van der Waals surface area contributed by atoms with Gasteiger partial charge in [0.15, 0.2) is 0 Å². The van der Waals surface area contributed by atoms with E-state index in [9.17, 15) is 14.0 Å². The molecule has 0 spiro atoms. The van der Waals surface area contributed by atoms with Crippen LogP contribution >= 0.6 is 0 Å². The van der Waals surface area contributed by atoms with Gasteiger partial charge in [-0.3, -0.25) is 9.59 Å². The van der Waals surface area contributed by atoms with Crippen LogP contribution in [0.15, 0.2) is 72.8 Å². The second-order valence-corrected chi connectivity index (χ2v) is 8.42. The highest BCUT2D eigenvalue weighted by Gasteiger charge is 2.25. The molecule has 6 nitrogen and oxygen atoms in total. The average Bonchev–Trinajstić information content (AvgIpc) is 2.85. The number of rotatable bonds is 7. The molecule has 4 rings (SSSR count). The summed E-state index contributed by atoms with van der Waals surface area (Å²) >= 11 is 0. The Morgan fingerprint density at radius 2 is 1.71 bits per heavy atom. The summed E-state index contributed by atoms with van der Waals surface area (Å²) in [5, 5.41) is 9.07. The molecule has 176 valence electrons. The van der Waals surface area contributed by atoms with E-state index in [0.29, 0.717) is 17.7 Å². The smallest absolute Gasteiger partial charge is 0.252 e. The quantitative estimate of drug-likeness (QED) is 0.505. The van der Waals surface area contributed by atoms with Crippen LogP contribution in [0.2, 0.25) is 0 Å². The first-order valence-corrected chi connectivity index (χ1v) is 11.5. The highest BCUT2D eigenvalue weighted by molar-refractivity contribution is 6.03. The molecule has 1 aliphatic rings. The van der Waals surface area contributed by atoms with Crippen molar-refractivity contribution in [3.05, 3.63) is 95.3 Å². The Morgan fingerprint density at radius 1 is 1.00 bits per heavy atom. The Hall–Kier alpha value is -3.71. The third-order valence-electron chi connectivity index (χ3n) is 5.97. The summed E-state index contributed by atoms with van der Waals surface area (Å²) in [4.78, 5) is 28.6. The van der Waals surface area contributed by atoms with Gasteiger partial charge in [-0.2, -0.15) is 0 Å². The molecule has 0 bridgehead atoms. The molecule has 1 aliphatic heterocycles. The van der Waals surface area contributed by atoms with Crippen molar-refractivity contribution in [2.75, 3.05) is 36.4 Å². The fourth-order valence-corrected chi connectivity index (χ4v) is 4.13. The van der Waals surface area contributed by atoms with Crippen molar-refractivity contribution in [2.45, 2.75) is 19.4 Å². The van der Waals surface area contributed by atoms with Gasteiger partial charge in [0, 0.05) is 38.2 Å². The number of halogens is 1. The number of nitrogens with zero attached hydrogens (tertiary/aromatic N) is 1. The molecule has 1 atom stereocenters. The summed E-state index contributed by atoms with van der Waals surface area (Å²) in [7, 11) is 0. The Kier molecular flexibility index (Phi) is 7.54. The normalized spacial score (nSPS) is 14.4. The van der Waals surface area contributed by atoms with E-state index >= 15 is 0 Å². The van der Waals surface area contributed by atoms with Crippen LogP contribution in [0.5, 0.6) is 0 Å². The Labute approximate surface area is 199 Å². The molecule has 0 saturated carbocycles. The summed E-state index contributed by atoms with van der Waals surface area (Å²) in [5.74, 6) is -1.15. The minimum absolute atomic E-state index is 0.308. The monoisotopic (exact) mass is 460 g/mol. The lowest BCUT2D eigenvalue weighted by molar-refractivity contribution is -0.118. The van der Waals surface area contributed by atoms with Crippen LogP contribution in [0, 0.1) is 12.7 Å². The molecule has 0 radical (unpaired) electrons. The highest BCUT2D eigenvalue weighted by atomic mass is 19.1. The summed E-state index contributed by atoms with van der Waals surface area (Å²) in [6.07, 6.45) is 0.308. The van der Waals surface area contributed by atoms with E-state index < -0.39 is 17.8 Å². The lowest BCUT2D eigenvalue weighted by Gasteiger charge is -2.31. The van der Waals surface area contributed by atoms with E-state index in [-0.39, 0.29) is 5.91 Å². The molecule has 1 heterocycles. The number of piperazine rings is 1. The number of benzene rings is 3. The van der Waals surface area contributed by atoms with Crippen LogP contribution in [-0.2, 0) is 11.2 Å². The van der Waals surface area contributed by atoms with Crippen LogP contribution in [0.4, 0.5) is 15.8 Å². The molecule has 3 aromatic rings. The van der Waals surface area contributed by atoms with Crippen molar-refractivity contribution in [3.8, 4) is 0 Å². The summed E-state index contributed by atoms with van der Waals surface area (Å²) in [5.41, 5.74) is 3.41. The van der Waals surface area contributed by atoms with E-state index in [1.807, 2.05) is 49.4 Å². The molecular weight excluding hydrogens is 431 g/mol. The van der Waals surface area contributed by atoms with Gasteiger partial charge in [-0.25, -0.2) is 4.39 Å². The zero-order chi connectivity index (χ0) is 23.9.